The first-order valence-corrected chi connectivity index (χ1v) is 13.8. The number of benzene rings is 2. The molecule has 1 aromatic heterocycles. The molecule has 2 heterocycles. The third kappa shape index (κ3) is 8.38. The third-order valence-electron chi connectivity index (χ3n) is 6.64. The highest BCUT2D eigenvalue weighted by molar-refractivity contribution is 6.31. The van der Waals surface area contributed by atoms with Gasteiger partial charge in [-0.3, -0.25) is 9.69 Å². The number of amides is 2. The summed E-state index contributed by atoms with van der Waals surface area (Å²) in [4.78, 5) is 36.7. The molecule has 0 aliphatic carbocycles. The molecule has 1 unspecified atom stereocenters. The lowest BCUT2D eigenvalue weighted by Gasteiger charge is -2.44. The molecule has 1 aliphatic rings. The van der Waals surface area contributed by atoms with Gasteiger partial charge in [-0.15, -0.1) is 0 Å². The summed E-state index contributed by atoms with van der Waals surface area (Å²) in [6.07, 6.45) is 0.146. The standard InChI is InChI=1S/C30H31ClF3N5O4/c1-29(2,3)39(28(41)42)21-7-5-15-38(18-21)27-35-14-13-26(37-27)43-22-8-4-6-19(16-22)9-12-25(40)36-20-10-11-24(31)23(17-20)30(32,33)34/h4,6,8-14,16-17,21H,5,7,15,18H2,1-3H3,(H,36,40)(H,41,42). The van der Waals surface area contributed by atoms with Gasteiger partial charge in [0.2, 0.25) is 17.7 Å². The van der Waals surface area contributed by atoms with Gasteiger partial charge in [-0.05, 0) is 75.6 Å². The number of aromatic nitrogens is 2. The first-order valence-electron chi connectivity index (χ1n) is 13.4. The topological polar surface area (TPSA) is 108 Å². The Balaban J connectivity index is 1.42. The van der Waals surface area contributed by atoms with Crippen LogP contribution in [0.15, 0.2) is 60.8 Å². The Hall–Kier alpha value is -4.32. The lowest BCUT2D eigenvalue weighted by Crippen LogP contribution is -2.57. The maximum atomic E-state index is 13.1. The van der Waals surface area contributed by atoms with E-state index in [4.69, 9.17) is 16.3 Å². The molecule has 2 aromatic carbocycles. The number of rotatable bonds is 7. The molecule has 0 bridgehead atoms. The maximum absolute atomic E-state index is 13.1. The number of hydrogen-bond acceptors (Lipinski definition) is 6. The van der Waals surface area contributed by atoms with E-state index in [1.54, 1.807) is 36.5 Å². The summed E-state index contributed by atoms with van der Waals surface area (Å²) in [6, 6.07) is 11.3. The molecular weight excluding hydrogens is 587 g/mol. The quantitative estimate of drug-likeness (QED) is 0.267. The number of carboxylic acid groups (broad SMARTS) is 1. The Morgan fingerprint density at radius 3 is 2.63 bits per heavy atom. The van der Waals surface area contributed by atoms with Crippen LogP contribution in [0.25, 0.3) is 6.08 Å². The Morgan fingerprint density at radius 1 is 1.16 bits per heavy atom. The Morgan fingerprint density at radius 2 is 1.93 bits per heavy atom. The van der Waals surface area contributed by atoms with E-state index in [0.29, 0.717) is 30.4 Å². The van der Waals surface area contributed by atoms with Crippen molar-refractivity contribution in [2.75, 3.05) is 23.3 Å². The smallest absolute Gasteiger partial charge is 0.417 e. The van der Waals surface area contributed by atoms with E-state index in [2.05, 4.69) is 15.3 Å². The highest BCUT2D eigenvalue weighted by Crippen LogP contribution is 2.36. The minimum Gasteiger partial charge on any atom is -0.465 e. The molecule has 1 atom stereocenters. The summed E-state index contributed by atoms with van der Waals surface area (Å²) in [6.45, 7) is 6.73. The van der Waals surface area contributed by atoms with E-state index >= 15 is 0 Å². The Labute approximate surface area is 251 Å². The van der Waals surface area contributed by atoms with Crippen LogP contribution in [0.1, 0.15) is 44.7 Å². The number of anilines is 2. The fourth-order valence-corrected chi connectivity index (χ4v) is 5.08. The molecule has 0 radical (unpaired) electrons. The van der Waals surface area contributed by atoms with Gasteiger partial charge in [0.05, 0.1) is 16.6 Å². The summed E-state index contributed by atoms with van der Waals surface area (Å²) in [7, 11) is 0. The van der Waals surface area contributed by atoms with Crippen LogP contribution in [-0.4, -0.2) is 56.6 Å². The largest absolute Gasteiger partial charge is 0.465 e. The molecule has 1 fully saturated rings. The average Bonchev–Trinajstić information content (AvgIpc) is 2.92. The van der Waals surface area contributed by atoms with Crippen LogP contribution in [0, 0.1) is 0 Å². The summed E-state index contributed by atoms with van der Waals surface area (Å²) >= 11 is 5.63. The zero-order chi connectivity index (χ0) is 31.4. The predicted octanol–water partition coefficient (Wildman–Crippen LogP) is 7.34. The van der Waals surface area contributed by atoms with Crippen molar-refractivity contribution in [2.45, 2.75) is 51.4 Å². The van der Waals surface area contributed by atoms with Crippen LogP contribution in [-0.2, 0) is 11.0 Å². The Kier molecular flexibility index (Phi) is 9.49. The van der Waals surface area contributed by atoms with Crippen molar-refractivity contribution >= 4 is 41.3 Å². The Bertz CT molecular complexity index is 1510. The fraction of sp³-hybridized carbons (Fsp3) is 0.333. The summed E-state index contributed by atoms with van der Waals surface area (Å²) < 4.78 is 45.2. The van der Waals surface area contributed by atoms with Crippen LogP contribution >= 0.6 is 11.6 Å². The van der Waals surface area contributed by atoms with Crippen LogP contribution in [0.3, 0.4) is 0 Å². The zero-order valence-corrected chi connectivity index (χ0v) is 24.5. The number of piperidine rings is 1. The van der Waals surface area contributed by atoms with Gasteiger partial charge in [0.25, 0.3) is 0 Å². The molecule has 4 rings (SSSR count). The van der Waals surface area contributed by atoms with E-state index in [0.717, 1.165) is 25.0 Å². The van der Waals surface area contributed by atoms with Gasteiger partial charge >= 0.3 is 12.3 Å². The first-order chi connectivity index (χ1) is 20.2. The second-order valence-electron chi connectivity index (χ2n) is 10.9. The number of alkyl halides is 3. The summed E-state index contributed by atoms with van der Waals surface area (Å²) in [5.41, 5.74) is -1.04. The molecule has 2 amide bonds. The molecule has 13 heteroatoms. The number of ether oxygens (including phenoxy) is 1. The lowest BCUT2D eigenvalue weighted by atomic mass is 9.98. The molecule has 1 saturated heterocycles. The fourth-order valence-electron chi connectivity index (χ4n) is 4.86. The molecule has 9 nitrogen and oxygen atoms in total. The van der Waals surface area contributed by atoms with Crippen LogP contribution < -0.4 is 15.0 Å². The molecule has 2 N–H and O–H groups in total. The minimum absolute atomic E-state index is 0.0443. The van der Waals surface area contributed by atoms with Crippen LogP contribution in [0.5, 0.6) is 11.6 Å². The minimum atomic E-state index is -4.65. The molecule has 43 heavy (non-hydrogen) atoms. The van der Waals surface area contributed by atoms with Gasteiger partial charge in [0, 0.05) is 42.7 Å². The van der Waals surface area contributed by atoms with E-state index in [-0.39, 0.29) is 17.6 Å². The highest BCUT2D eigenvalue weighted by Gasteiger charge is 2.36. The van der Waals surface area contributed by atoms with E-state index in [1.807, 2.05) is 25.7 Å². The van der Waals surface area contributed by atoms with E-state index in [9.17, 15) is 27.9 Å². The third-order valence-corrected chi connectivity index (χ3v) is 6.97. The predicted molar refractivity (Wildman–Crippen MR) is 158 cm³/mol. The second kappa shape index (κ2) is 12.9. The van der Waals surface area contributed by atoms with Gasteiger partial charge in [0.1, 0.15) is 5.75 Å². The number of nitrogens with zero attached hydrogens (tertiary/aromatic N) is 4. The van der Waals surface area contributed by atoms with Gasteiger partial charge in [-0.1, -0.05) is 23.7 Å². The van der Waals surface area contributed by atoms with Crippen molar-refractivity contribution in [1.82, 2.24) is 14.9 Å². The van der Waals surface area contributed by atoms with Gasteiger partial charge in [-0.2, -0.15) is 18.2 Å². The normalized spacial score (nSPS) is 15.8. The van der Waals surface area contributed by atoms with Gasteiger partial charge < -0.3 is 20.1 Å². The number of nitrogens with one attached hydrogen (secondary N) is 1. The zero-order valence-electron chi connectivity index (χ0n) is 23.7. The number of halogens is 4. The van der Waals surface area contributed by atoms with E-state index < -0.39 is 34.3 Å². The maximum Gasteiger partial charge on any atom is 0.417 e. The summed E-state index contributed by atoms with van der Waals surface area (Å²) in [5.74, 6) is 0.501. The van der Waals surface area contributed by atoms with Crippen molar-refractivity contribution < 1.29 is 32.6 Å². The van der Waals surface area contributed by atoms with Crippen molar-refractivity contribution in [3.05, 3.63) is 77.0 Å². The lowest BCUT2D eigenvalue weighted by molar-refractivity contribution is -0.137. The molecule has 1 aliphatic heterocycles. The second-order valence-corrected chi connectivity index (χ2v) is 11.4. The highest BCUT2D eigenvalue weighted by atomic mass is 35.5. The van der Waals surface area contributed by atoms with E-state index in [1.165, 1.54) is 23.1 Å². The molecule has 0 spiro atoms. The SMILES string of the molecule is CC(C)(C)N(C(=O)O)C1CCCN(c2nccc(Oc3cccc(C=CC(=O)Nc4ccc(Cl)c(C(F)(F)F)c4)c3)n2)C1. The molecule has 0 saturated carbocycles. The van der Waals surface area contributed by atoms with Crippen molar-refractivity contribution in [3.8, 4) is 11.6 Å². The monoisotopic (exact) mass is 617 g/mol. The van der Waals surface area contributed by atoms with Gasteiger partial charge in [0.15, 0.2) is 0 Å². The van der Waals surface area contributed by atoms with Gasteiger partial charge in [-0.25, -0.2) is 9.78 Å². The average molecular weight is 618 g/mol. The number of carbonyl (C=O) groups is 2. The van der Waals surface area contributed by atoms with Crippen molar-refractivity contribution in [1.29, 1.82) is 0 Å². The van der Waals surface area contributed by atoms with Crippen molar-refractivity contribution in [3.63, 3.8) is 0 Å². The number of carbonyl (C=O) groups excluding carboxylic acids is 1. The number of hydrogen-bond donors (Lipinski definition) is 2. The van der Waals surface area contributed by atoms with Crippen LogP contribution in [0.4, 0.5) is 29.6 Å². The van der Waals surface area contributed by atoms with Crippen molar-refractivity contribution in [2.24, 2.45) is 0 Å². The summed E-state index contributed by atoms with van der Waals surface area (Å²) in [5, 5.41) is 11.8. The molecule has 3 aromatic rings. The first kappa shape index (κ1) is 31.6. The van der Waals surface area contributed by atoms with Crippen LogP contribution in [0.2, 0.25) is 5.02 Å². The molecule has 228 valence electrons. The molecular formula is C30H31ClF3N5O4.